The van der Waals surface area contributed by atoms with Crippen LogP contribution in [0.25, 0.3) is 0 Å². The molecule has 0 aromatic heterocycles. The van der Waals surface area contributed by atoms with E-state index in [4.69, 9.17) is 5.11 Å². The number of carbonyl (C=O) groups is 1. The molecule has 0 amide bonds. The van der Waals surface area contributed by atoms with E-state index in [1.165, 1.54) is 0 Å². The number of hydrogen-bond acceptors (Lipinski definition) is 2. The van der Waals surface area contributed by atoms with Gasteiger partial charge in [0.25, 0.3) is 0 Å². The van der Waals surface area contributed by atoms with Crippen LogP contribution in [0.3, 0.4) is 0 Å². The predicted octanol–water partition coefficient (Wildman–Crippen LogP) is 1.24. The van der Waals surface area contributed by atoms with Crippen LogP contribution in [0.1, 0.15) is 12.8 Å². The number of aliphatic carboxylic acids is 1. The Bertz CT molecular complexity index is 233. The maximum Gasteiger partial charge on any atom is 0.429 e. The van der Waals surface area contributed by atoms with Gasteiger partial charge in [-0.2, -0.15) is 13.2 Å². The van der Waals surface area contributed by atoms with Crippen LogP contribution in [0.4, 0.5) is 13.2 Å². The van der Waals surface area contributed by atoms with Crippen molar-refractivity contribution >= 4 is 11.7 Å². The molecule has 0 bridgehead atoms. The Kier molecular flexibility index (Phi) is 2.08. The van der Waals surface area contributed by atoms with Crippen LogP contribution in [0.2, 0.25) is 0 Å². The zero-order valence-electron chi connectivity index (χ0n) is 5.93. The van der Waals surface area contributed by atoms with Crippen molar-refractivity contribution < 1.29 is 23.1 Å². The first kappa shape index (κ1) is 9.02. The Morgan fingerprint density at radius 2 is 2.17 bits per heavy atom. The lowest BCUT2D eigenvalue weighted by Crippen LogP contribution is -2.20. The van der Waals surface area contributed by atoms with E-state index in [-0.39, 0.29) is 12.8 Å². The van der Waals surface area contributed by atoms with Crippen molar-refractivity contribution in [2.24, 2.45) is 4.99 Å². The Hall–Kier alpha value is -1.07. The Labute approximate surface area is 65.9 Å². The summed E-state index contributed by atoms with van der Waals surface area (Å²) in [6, 6.07) is -1.21. The van der Waals surface area contributed by atoms with Crippen molar-refractivity contribution in [3.05, 3.63) is 0 Å². The van der Waals surface area contributed by atoms with Crippen LogP contribution in [0, 0.1) is 0 Å². The van der Waals surface area contributed by atoms with Crippen LogP contribution >= 0.6 is 0 Å². The second kappa shape index (κ2) is 2.76. The number of hydrogen-bond donors (Lipinski definition) is 1. The Morgan fingerprint density at radius 1 is 1.58 bits per heavy atom. The highest BCUT2D eigenvalue weighted by atomic mass is 19.4. The molecule has 6 heteroatoms. The summed E-state index contributed by atoms with van der Waals surface area (Å²) in [5.74, 6) is -1.30. The van der Waals surface area contributed by atoms with E-state index in [2.05, 4.69) is 4.99 Å². The molecule has 1 rings (SSSR count). The maximum atomic E-state index is 11.9. The first-order chi connectivity index (χ1) is 5.41. The fraction of sp³-hybridized carbons (Fsp3) is 0.667. The molecule has 12 heavy (non-hydrogen) atoms. The first-order valence-electron chi connectivity index (χ1n) is 3.28. The summed E-state index contributed by atoms with van der Waals surface area (Å²) in [6.45, 7) is 0. The molecule has 1 atom stereocenters. The van der Waals surface area contributed by atoms with E-state index < -0.39 is 23.9 Å². The summed E-state index contributed by atoms with van der Waals surface area (Å²) in [6.07, 6.45) is -4.81. The zero-order valence-corrected chi connectivity index (χ0v) is 5.93. The molecular weight excluding hydrogens is 175 g/mol. The number of alkyl halides is 3. The quantitative estimate of drug-likeness (QED) is 0.661. The summed E-state index contributed by atoms with van der Waals surface area (Å²) in [7, 11) is 0. The van der Waals surface area contributed by atoms with Gasteiger partial charge in [0.05, 0.1) is 0 Å². The van der Waals surface area contributed by atoms with Crippen LogP contribution in [0.5, 0.6) is 0 Å². The van der Waals surface area contributed by atoms with Gasteiger partial charge in [0.1, 0.15) is 11.8 Å². The maximum absolute atomic E-state index is 11.9. The third-order valence-electron chi connectivity index (χ3n) is 1.58. The molecule has 68 valence electrons. The molecule has 1 N–H and O–H groups in total. The zero-order chi connectivity index (χ0) is 9.35. The van der Waals surface area contributed by atoms with Crippen LogP contribution < -0.4 is 0 Å². The largest absolute Gasteiger partial charge is 0.480 e. The van der Waals surface area contributed by atoms with Crippen molar-refractivity contribution in [2.45, 2.75) is 25.1 Å². The molecule has 1 heterocycles. The number of carboxylic acids is 1. The first-order valence-corrected chi connectivity index (χ1v) is 3.28. The molecule has 1 unspecified atom stereocenters. The lowest BCUT2D eigenvalue weighted by molar-refractivity contribution is -0.138. The SMILES string of the molecule is O=C(O)C1CCC(C(F)(F)F)=N1. The molecule has 1 aliphatic rings. The second-order valence-corrected chi connectivity index (χ2v) is 2.47. The van der Waals surface area contributed by atoms with Gasteiger partial charge >= 0.3 is 12.1 Å². The van der Waals surface area contributed by atoms with Gasteiger partial charge in [0, 0.05) is 0 Å². The molecule has 0 aromatic carbocycles. The van der Waals surface area contributed by atoms with Gasteiger partial charge in [0.2, 0.25) is 0 Å². The van der Waals surface area contributed by atoms with Gasteiger partial charge in [-0.1, -0.05) is 0 Å². The van der Waals surface area contributed by atoms with Crippen LogP contribution in [0.15, 0.2) is 4.99 Å². The van der Waals surface area contributed by atoms with Crippen LogP contribution in [-0.2, 0) is 4.79 Å². The minimum absolute atomic E-state index is 0.0514. The highest BCUT2D eigenvalue weighted by molar-refractivity contribution is 5.94. The van der Waals surface area contributed by atoms with Crippen molar-refractivity contribution in [2.75, 3.05) is 0 Å². The Balaban J connectivity index is 2.73. The van der Waals surface area contributed by atoms with Gasteiger partial charge in [0.15, 0.2) is 0 Å². The lowest BCUT2D eigenvalue weighted by atomic mass is 10.2. The Morgan fingerprint density at radius 3 is 2.42 bits per heavy atom. The van der Waals surface area contributed by atoms with Crippen molar-refractivity contribution in [3.8, 4) is 0 Å². The standard InChI is InChI=1S/C6H6F3NO2/c7-6(8,9)4-2-1-3(10-4)5(11)12/h3H,1-2H2,(H,11,12). The van der Waals surface area contributed by atoms with E-state index in [0.717, 1.165) is 0 Å². The molecule has 0 radical (unpaired) electrons. The average Bonchev–Trinajstić information content (AvgIpc) is 2.30. The molecule has 0 saturated carbocycles. The molecule has 0 saturated heterocycles. The third kappa shape index (κ3) is 1.75. The normalized spacial score (nSPS) is 23.9. The molecule has 0 fully saturated rings. The van der Waals surface area contributed by atoms with E-state index in [0.29, 0.717) is 0 Å². The van der Waals surface area contributed by atoms with Crippen molar-refractivity contribution in [3.63, 3.8) is 0 Å². The fourth-order valence-electron chi connectivity index (χ4n) is 0.984. The van der Waals surface area contributed by atoms with E-state index in [1.807, 2.05) is 0 Å². The molecule has 0 spiro atoms. The van der Waals surface area contributed by atoms with Crippen molar-refractivity contribution in [1.29, 1.82) is 0 Å². The minimum Gasteiger partial charge on any atom is -0.480 e. The van der Waals surface area contributed by atoms with Gasteiger partial charge < -0.3 is 5.11 Å². The van der Waals surface area contributed by atoms with Gasteiger partial charge in [-0.25, -0.2) is 4.79 Å². The fourth-order valence-corrected chi connectivity index (χ4v) is 0.984. The smallest absolute Gasteiger partial charge is 0.429 e. The topological polar surface area (TPSA) is 49.7 Å². The summed E-state index contributed by atoms with van der Waals surface area (Å²) in [4.78, 5) is 13.3. The number of halogens is 3. The van der Waals surface area contributed by atoms with Crippen LogP contribution in [-0.4, -0.2) is 29.0 Å². The summed E-state index contributed by atoms with van der Waals surface area (Å²) >= 11 is 0. The number of nitrogens with zero attached hydrogens (tertiary/aromatic N) is 1. The summed E-state index contributed by atoms with van der Waals surface area (Å²) in [5.41, 5.74) is -0.963. The van der Waals surface area contributed by atoms with Crippen molar-refractivity contribution in [1.82, 2.24) is 0 Å². The average molecular weight is 181 g/mol. The summed E-state index contributed by atoms with van der Waals surface area (Å²) in [5, 5.41) is 8.32. The molecule has 0 aromatic rings. The highest BCUT2D eigenvalue weighted by Crippen LogP contribution is 2.26. The molecule has 3 nitrogen and oxygen atoms in total. The van der Waals surface area contributed by atoms with Gasteiger partial charge in [-0.3, -0.25) is 4.99 Å². The molecular formula is C6H6F3NO2. The van der Waals surface area contributed by atoms with E-state index >= 15 is 0 Å². The van der Waals surface area contributed by atoms with E-state index in [1.54, 1.807) is 0 Å². The summed E-state index contributed by atoms with van der Waals surface area (Å²) < 4.78 is 35.6. The number of carboxylic acid groups (broad SMARTS) is 1. The number of rotatable bonds is 1. The van der Waals surface area contributed by atoms with Gasteiger partial charge in [-0.15, -0.1) is 0 Å². The highest BCUT2D eigenvalue weighted by Gasteiger charge is 2.40. The van der Waals surface area contributed by atoms with E-state index in [9.17, 15) is 18.0 Å². The monoisotopic (exact) mass is 181 g/mol. The minimum atomic E-state index is -4.47. The molecule has 0 aliphatic carbocycles. The second-order valence-electron chi connectivity index (χ2n) is 2.47. The predicted molar refractivity (Wildman–Crippen MR) is 34.1 cm³/mol. The number of aliphatic imine (C=N–C) groups is 1. The lowest BCUT2D eigenvalue weighted by Gasteiger charge is -2.03. The van der Waals surface area contributed by atoms with Gasteiger partial charge in [-0.05, 0) is 12.8 Å². The third-order valence-corrected chi connectivity index (χ3v) is 1.58. The molecule has 1 aliphatic heterocycles.